The topological polar surface area (TPSA) is 108 Å². The summed E-state index contributed by atoms with van der Waals surface area (Å²) in [4.78, 5) is 33.9. The molecule has 0 bridgehead atoms. The number of pyridine rings is 1. The number of nitrogens with zero attached hydrogens (tertiary/aromatic N) is 6. The standard InChI is InChI=1S/C23H22ClN7O2/c1-16-12-28-30(9-7-19-4-2-3-8-26-19)23(33)20(16)11-22(32)27-13-17-10-18(24)5-6-21(17)31-15-25-14-29-31/h2-6,8,10,12,14-15H,7,9,11,13H2,1H3,(H,27,32). The maximum atomic E-state index is 12.9. The van der Waals surface area contributed by atoms with E-state index in [1.54, 1.807) is 42.5 Å². The van der Waals surface area contributed by atoms with Crippen molar-refractivity contribution in [3.63, 3.8) is 0 Å². The fourth-order valence-electron chi connectivity index (χ4n) is 3.42. The SMILES string of the molecule is Cc1cnn(CCc2ccccn2)c(=O)c1CC(=O)NCc1cc(Cl)ccc1-n1cncn1. The van der Waals surface area contributed by atoms with Crippen LogP contribution in [0.5, 0.6) is 0 Å². The first-order valence-electron chi connectivity index (χ1n) is 10.4. The molecular formula is C23H22ClN7O2. The van der Waals surface area contributed by atoms with Gasteiger partial charge in [-0.3, -0.25) is 14.6 Å². The molecule has 4 rings (SSSR count). The van der Waals surface area contributed by atoms with E-state index in [1.807, 2.05) is 24.3 Å². The van der Waals surface area contributed by atoms with Crippen molar-refractivity contribution in [3.8, 4) is 5.69 Å². The largest absolute Gasteiger partial charge is 0.352 e. The van der Waals surface area contributed by atoms with Crippen LogP contribution in [-0.4, -0.2) is 35.4 Å². The monoisotopic (exact) mass is 463 g/mol. The summed E-state index contributed by atoms with van der Waals surface area (Å²) >= 11 is 6.14. The van der Waals surface area contributed by atoms with Gasteiger partial charge in [-0.05, 0) is 48.4 Å². The first kappa shape index (κ1) is 22.3. The molecule has 1 aromatic carbocycles. The molecule has 168 valence electrons. The Balaban J connectivity index is 1.45. The predicted molar refractivity (Wildman–Crippen MR) is 123 cm³/mol. The maximum absolute atomic E-state index is 12.9. The summed E-state index contributed by atoms with van der Waals surface area (Å²) < 4.78 is 2.98. The van der Waals surface area contributed by atoms with Crippen molar-refractivity contribution in [3.05, 3.63) is 99.2 Å². The van der Waals surface area contributed by atoms with E-state index in [9.17, 15) is 9.59 Å². The van der Waals surface area contributed by atoms with E-state index in [0.29, 0.717) is 29.1 Å². The Labute approximate surface area is 195 Å². The number of carbonyl (C=O) groups is 1. The third-order valence-electron chi connectivity index (χ3n) is 5.19. The lowest BCUT2D eigenvalue weighted by Crippen LogP contribution is -2.32. The number of aromatic nitrogens is 6. The highest BCUT2D eigenvalue weighted by molar-refractivity contribution is 6.30. The van der Waals surface area contributed by atoms with E-state index in [4.69, 9.17) is 11.6 Å². The molecule has 9 nitrogen and oxygen atoms in total. The first-order valence-corrected chi connectivity index (χ1v) is 10.7. The summed E-state index contributed by atoms with van der Waals surface area (Å²) in [6, 6.07) is 11.0. The van der Waals surface area contributed by atoms with Crippen LogP contribution in [-0.2, 0) is 30.7 Å². The molecule has 1 N–H and O–H groups in total. The Morgan fingerprint density at radius 1 is 1.18 bits per heavy atom. The summed E-state index contributed by atoms with van der Waals surface area (Å²) in [7, 11) is 0. The second-order valence-electron chi connectivity index (χ2n) is 7.47. The van der Waals surface area contributed by atoms with Gasteiger partial charge in [-0.2, -0.15) is 10.2 Å². The van der Waals surface area contributed by atoms with Crippen LogP contribution in [0.15, 0.2) is 66.2 Å². The zero-order valence-corrected chi connectivity index (χ0v) is 18.7. The van der Waals surface area contributed by atoms with Gasteiger partial charge in [-0.15, -0.1) is 0 Å². The van der Waals surface area contributed by atoms with Crippen LogP contribution in [0.25, 0.3) is 5.69 Å². The molecule has 0 fully saturated rings. The summed E-state index contributed by atoms with van der Waals surface area (Å²) in [5.41, 5.74) is 3.24. The molecule has 0 aliphatic rings. The fraction of sp³-hybridized carbons (Fsp3) is 0.217. The summed E-state index contributed by atoms with van der Waals surface area (Å²) in [6.07, 6.45) is 6.86. The average molecular weight is 464 g/mol. The van der Waals surface area contributed by atoms with Crippen molar-refractivity contribution in [2.24, 2.45) is 0 Å². The molecule has 1 amide bonds. The quantitative estimate of drug-likeness (QED) is 0.429. The number of rotatable bonds is 8. The van der Waals surface area contributed by atoms with Gasteiger partial charge in [0.2, 0.25) is 5.91 Å². The number of amides is 1. The minimum absolute atomic E-state index is 0.0456. The van der Waals surface area contributed by atoms with Gasteiger partial charge in [0.25, 0.3) is 5.56 Å². The number of benzene rings is 1. The van der Waals surface area contributed by atoms with Crippen molar-refractivity contribution >= 4 is 17.5 Å². The van der Waals surface area contributed by atoms with Gasteiger partial charge in [-0.1, -0.05) is 17.7 Å². The van der Waals surface area contributed by atoms with Gasteiger partial charge < -0.3 is 5.32 Å². The van der Waals surface area contributed by atoms with Crippen LogP contribution in [0.3, 0.4) is 0 Å². The van der Waals surface area contributed by atoms with Crippen molar-refractivity contribution < 1.29 is 4.79 Å². The van der Waals surface area contributed by atoms with Gasteiger partial charge in [0.15, 0.2) is 0 Å². The lowest BCUT2D eigenvalue weighted by atomic mass is 10.1. The zero-order valence-electron chi connectivity index (χ0n) is 18.0. The molecule has 0 aliphatic heterocycles. The van der Waals surface area contributed by atoms with Gasteiger partial charge in [-0.25, -0.2) is 14.3 Å². The maximum Gasteiger partial charge on any atom is 0.270 e. The Hall–Kier alpha value is -3.85. The highest BCUT2D eigenvalue weighted by Crippen LogP contribution is 2.19. The second kappa shape index (κ2) is 10.2. The predicted octanol–water partition coefficient (Wildman–Crippen LogP) is 2.28. The Morgan fingerprint density at radius 2 is 2.06 bits per heavy atom. The number of nitrogens with one attached hydrogen (secondary N) is 1. The molecule has 3 heterocycles. The van der Waals surface area contributed by atoms with Gasteiger partial charge in [0.1, 0.15) is 12.7 Å². The van der Waals surface area contributed by atoms with Gasteiger partial charge >= 0.3 is 0 Å². The zero-order chi connectivity index (χ0) is 23.2. The van der Waals surface area contributed by atoms with E-state index >= 15 is 0 Å². The molecule has 4 aromatic rings. The lowest BCUT2D eigenvalue weighted by molar-refractivity contribution is -0.120. The van der Waals surface area contributed by atoms with E-state index < -0.39 is 0 Å². The Bertz CT molecular complexity index is 1300. The molecule has 3 aromatic heterocycles. The number of carbonyl (C=O) groups excluding carboxylic acids is 1. The molecule has 33 heavy (non-hydrogen) atoms. The van der Waals surface area contributed by atoms with Gasteiger partial charge in [0.05, 0.1) is 24.8 Å². The lowest BCUT2D eigenvalue weighted by Gasteiger charge is -2.12. The third kappa shape index (κ3) is 5.50. The van der Waals surface area contributed by atoms with Crippen molar-refractivity contribution in [2.75, 3.05) is 0 Å². The highest BCUT2D eigenvalue weighted by Gasteiger charge is 2.14. The van der Waals surface area contributed by atoms with Crippen LogP contribution in [0.2, 0.25) is 5.02 Å². The molecule has 10 heteroatoms. The van der Waals surface area contributed by atoms with Crippen LogP contribution in [0, 0.1) is 6.92 Å². The summed E-state index contributed by atoms with van der Waals surface area (Å²) in [6.45, 7) is 2.39. The van der Waals surface area contributed by atoms with E-state index in [0.717, 1.165) is 16.9 Å². The van der Waals surface area contributed by atoms with Crippen molar-refractivity contribution in [2.45, 2.75) is 32.9 Å². The van der Waals surface area contributed by atoms with Crippen LogP contribution in [0.4, 0.5) is 0 Å². The summed E-state index contributed by atoms with van der Waals surface area (Å²) in [5, 5.41) is 11.8. The van der Waals surface area contributed by atoms with E-state index in [1.165, 1.54) is 11.0 Å². The molecule has 0 saturated carbocycles. The van der Waals surface area contributed by atoms with Crippen LogP contribution < -0.4 is 10.9 Å². The average Bonchev–Trinajstić information content (AvgIpc) is 3.35. The minimum Gasteiger partial charge on any atom is -0.352 e. The minimum atomic E-state index is -0.276. The van der Waals surface area contributed by atoms with Crippen molar-refractivity contribution in [1.82, 2.24) is 34.8 Å². The highest BCUT2D eigenvalue weighted by atomic mass is 35.5. The van der Waals surface area contributed by atoms with Crippen LogP contribution >= 0.6 is 11.6 Å². The number of hydrogen-bond acceptors (Lipinski definition) is 6. The molecular weight excluding hydrogens is 442 g/mol. The number of halogens is 1. The Morgan fingerprint density at radius 3 is 2.82 bits per heavy atom. The molecule has 0 saturated heterocycles. The smallest absolute Gasteiger partial charge is 0.270 e. The summed E-state index contributed by atoms with van der Waals surface area (Å²) in [5.74, 6) is -0.276. The first-order chi connectivity index (χ1) is 16.0. The number of hydrogen-bond donors (Lipinski definition) is 1. The fourth-order valence-corrected chi connectivity index (χ4v) is 3.62. The van der Waals surface area contributed by atoms with Gasteiger partial charge in [0, 0.05) is 35.4 Å². The third-order valence-corrected chi connectivity index (χ3v) is 5.42. The normalized spacial score (nSPS) is 10.8. The van der Waals surface area contributed by atoms with Crippen molar-refractivity contribution in [1.29, 1.82) is 0 Å². The van der Waals surface area contributed by atoms with E-state index in [2.05, 4.69) is 25.5 Å². The second-order valence-corrected chi connectivity index (χ2v) is 7.91. The molecule has 0 atom stereocenters. The van der Waals surface area contributed by atoms with Crippen LogP contribution in [0.1, 0.15) is 22.4 Å². The molecule has 0 radical (unpaired) electrons. The number of aryl methyl sites for hydroxylation is 3. The molecule has 0 aliphatic carbocycles. The van der Waals surface area contributed by atoms with E-state index in [-0.39, 0.29) is 24.4 Å². The molecule has 0 spiro atoms. The Kier molecular flexibility index (Phi) is 6.89. The molecule has 0 unspecified atom stereocenters.